The van der Waals surface area contributed by atoms with Gasteiger partial charge in [-0.15, -0.1) is 0 Å². The molecule has 9 nitrogen and oxygen atoms in total. The summed E-state index contributed by atoms with van der Waals surface area (Å²) in [6.07, 6.45) is 4.52. The van der Waals surface area contributed by atoms with Gasteiger partial charge in [-0.25, -0.2) is 0 Å². The van der Waals surface area contributed by atoms with Crippen LogP contribution < -0.4 is 24.8 Å². The lowest BCUT2D eigenvalue weighted by atomic mass is 10.2. The molecular formula is C24H28N4O5. The number of hydrogen-bond donors (Lipinski definition) is 2. The number of aryl methyl sites for hydroxylation is 2. The first kappa shape index (κ1) is 23.6. The number of benzene rings is 2. The molecule has 9 heteroatoms. The van der Waals surface area contributed by atoms with Crippen molar-refractivity contribution in [1.29, 1.82) is 0 Å². The first-order valence-electron chi connectivity index (χ1n) is 10.5. The van der Waals surface area contributed by atoms with Gasteiger partial charge in [0.2, 0.25) is 0 Å². The van der Waals surface area contributed by atoms with Crippen molar-refractivity contribution in [2.75, 3.05) is 32.7 Å². The summed E-state index contributed by atoms with van der Waals surface area (Å²) in [5.74, 6) is 0.706. The molecule has 33 heavy (non-hydrogen) atoms. The van der Waals surface area contributed by atoms with Crippen molar-refractivity contribution in [2.24, 2.45) is 0 Å². The second kappa shape index (κ2) is 11.6. The van der Waals surface area contributed by atoms with Gasteiger partial charge in [-0.2, -0.15) is 5.10 Å². The summed E-state index contributed by atoms with van der Waals surface area (Å²) in [4.78, 5) is 24.7. The van der Waals surface area contributed by atoms with E-state index in [0.717, 1.165) is 18.5 Å². The fraction of sp³-hybridized carbons (Fsp3) is 0.292. The number of rotatable bonds is 11. The van der Waals surface area contributed by atoms with Crippen LogP contribution >= 0.6 is 0 Å². The molecule has 0 saturated heterocycles. The zero-order valence-corrected chi connectivity index (χ0v) is 19.0. The van der Waals surface area contributed by atoms with Crippen LogP contribution in [0, 0.1) is 6.92 Å². The third kappa shape index (κ3) is 6.73. The number of aromatic nitrogens is 2. The first-order valence-corrected chi connectivity index (χ1v) is 10.5. The Labute approximate surface area is 192 Å². The number of para-hydroxylation sites is 2. The second-order valence-electron chi connectivity index (χ2n) is 7.29. The summed E-state index contributed by atoms with van der Waals surface area (Å²) in [6.45, 7) is 2.99. The average Bonchev–Trinajstić information content (AvgIpc) is 3.25. The van der Waals surface area contributed by atoms with Gasteiger partial charge in [0.1, 0.15) is 5.75 Å². The molecule has 2 N–H and O–H groups in total. The second-order valence-corrected chi connectivity index (χ2v) is 7.29. The Balaban J connectivity index is 1.50. The number of carbonyl (C=O) groups is 2. The van der Waals surface area contributed by atoms with Crippen molar-refractivity contribution in [3.8, 4) is 17.2 Å². The minimum absolute atomic E-state index is 0.217. The van der Waals surface area contributed by atoms with E-state index in [-0.39, 0.29) is 18.4 Å². The summed E-state index contributed by atoms with van der Waals surface area (Å²) in [5.41, 5.74) is 2.09. The number of amides is 2. The summed E-state index contributed by atoms with van der Waals surface area (Å²) >= 11 is 0. The molecule has 0 radical (unpaired) electrons. The Morgan fingerprint density at radius 3 is 2.55 bits per heavy atom. The molecular weight excluding hydrogens is 424 g/mol. The average molecular weight is 453 g/mol. The molecule has 0 aliphatic rings. The third-order valence-corrected chi connectivity index (χ3v) is 4.78. The summed E-state index contributed by atoms with van der Waals surface area (Å²) in [7, 11) is 3.01. The van der Waals surface area contributed by atoms with Crippen LogP contribution in [0.3, 0.4) is 0 Å². The highest BCUT2D eigenvalue weighted by molar-refractivity contribution is 5.95. The standard InChI is InChI=1S/C24H28N4O5/c1-17-14-26-28(15-17)12-6-11-25-24(30)18-9-10-21(22(13-18)32-3)33-16-23(29)27-19-7-4-5-8-20(19)31-2/h4-5,7-10,13-15H,6,11-12,16H2,1-3H3,(H,25,30)(H,27,29). The highest BCUT2D eigenvalue weighted by Gasteiger charge is 2.13. The van der Waals surface area contributed by atoms with E-state index in [1.165, 1.54) is 14.2 Å². The van der Waals surface area contributed by atoms with Gasteiger partial charge in [-0.05, 0) is 49.2 Å². The zero-order valence-electron chi connectivity index (χ0n) is 19.0. The number of ether oxygens (including phenoxy) is 3. The molecule has 1 heterocycles. The van der Waals surface area contributed by atoms with Gasteiger partial charge in [0, 0.05) is 24.8 Å². The van der Waals surface area contributed by atoms with Gasteiger partial charge in [-0.1, -0.05) is 12.1 Å². The van der Waals surface area contributed by atoms with Crippen molar-refractivity contribution in [1.82, 2.24) is 15.1 Å². The smallest absolute Gasteiger partial charge is 0.262 e. The number of carbonyl (C=O) groups excluding carboxylic acids is 2. The fourth-order valence-corrected chi connectivity index (χ4v) is 3.14. The molecule has 0 fully saturated rings. The molecule has 174 valence electrons. The van der Waals surface area contributed by atoms with Gasteiger partial charge in [0.05, 0.1) is 26.1 Å². The minimum Gasteiger partial charge on any atom is -0.495 e. The highest BCUT2D eigenvalue weighted by Crippen LogP contribution is 2.28. The molecule has 2 aromatic carbocycles. The van der Waals surface area contributed by atoms with E-state index in [1.807, 2.05) is 23.9 Å². The Hall–Kier alpha value is -4.01. The molecule has 0 unspecified atom stereocenters. The maximum Gasteiger partial charge on any atom is 0.262 e. The van der Waals surface area contributed by atoms with Crippen LogP contribution in [0.1, 0.15) is 22.3 Å². The number of hydrogen-bond acceptors (Lipinski definition) is 6. The fourth-order valence-electron chi connectivity index (χ4n) is 3.14. The number of methoxy groups -OCH3 is 2. The van der Waals surface area contributed by atoms with Gasteiger partial charge < -0.3 is 24.8 Å². The Bertz CT molecular complexity index is 1100. The minimum atomic E-state index is -0.351. The predicted molar refractivity (Wildman–Crippen MR) is 124 cm³/mol. The highest BCUT2D eigenvalue weighted by atomic mass is 16.5. The molecule has 0 bridgehead atoms. The van der Waals surface area contributed by atoms with E-state index < -0.39 is 0 Å². The lowest BCUT2D eigenvalue weighted by molar-refractivity contribution is -0.118. The maximum absolute atomic E-state index is 12.5. The van der Waals surface area contributed by atoms with E-state index in [4.69, 9.17) is 14.2 Å². The van der Waals surface area contributed by atoms with Crippen molar-refractivity contribution < 1.29 is 23.8 Å². The van der Waals surface area contributed by atoms with Crippen molar-refractivity contribution in [3.05, 3.63) is 66.0 Å². The molecule has 0 aliphatic carbocycles. The molecule has 2 amide bonds. The molecule has 3 rings (SSSR count). The van der Waals surface area contributed by atoms with Crippen molar-refractivity contribution >= 4 is 17.5 Å². The number of anilines is 1. The topological polar surface area (TPSA) is 104 Å². The van der Waals surface area contributed by atoms with Gasteiger partial charge in [0.25, 0.3) is 11.8 Å². The van der Waals surface area contributed by atoms with Crippen molar-refractivity contribution in [2.45, 2.75) is 19.9 Å². The number of nitrogens with zero attached hydrogens (tertiary/aromatic N) is 2. The summed E-state index contributed by atoms with van der Waals surface area (Å²) in [6, 6.07) is 11.9. The lowest BCUT2D eigenvalue weighted by Crippen LogP contribution is -2.25. The SMILES string of the molecule is COc1ccccc1NC(=O)COc1ccc(C(=O)NCCCn2cc(C)cn2)cc1OC. The zero-order chi connectivity index (χ0) is 23.6. The molecule has 3 aromatic rings. The Kier molecular flexibility index (Phi) is 8.29. The first-order chi connectivity index (χ1) is 16.0. The van der Waals surface area contributed by atoms with Gasteiger partial charge >= 0.3 is 0 Å². The maximum atomic E-state index is 12.5. The van der Waals surface area contributed by atoms with Crippen LogP contribution in [0.5, 0.6) is 17.2 Å². The van der Waals surface area contributed by atoms with Crippen LogP contribution in [0.4, 0.5) is 5.69 Å². The predicted octanol–water partition coefficient (Wildman–Crippen LogP) is 3.05. The Morgan fingerprint density at radius 1 is 1.03 bits per heavy atom. The normalized spacial score (nSPS) is 10.4. The molecule has 0 saturated carbocycles. The van der Waals surface area contributed by atoms with Crippen LogP contribution in [0.15, 0.2) is 54.9 Å². The van der Waals surface area contributed by atoms with Crippen LogP contribution in [-0.2, 0) is 11.3 Å². The summed E-state index contributed by atoms with van der Waals surface area (Å²) < 4.78 is 18.0. The van der Waals surface area contributed by atoms with Crippen molar-refractivity contribution in [3.63, 3.8) is 0 Å². The number of nitrogens with one attached hydrogen (secondary N) is 2. The van der Waals surface area contributed by atoms with E-state index in [1.54, 1.807) is 42.6 Å². The van der Waals surface area contributed by atoms with Gasteiger partial charge in [0.15, 0.2) is 18.1 Å². The molecule has 0 aliphatic heterocycles. The summed E-state index contributed by atoms with van der Waals surface area (Å²) in [5, 5.41) is 9.85. The van der Waals surface area contributed by atoms with Crippen LogP contribution in [0.2, 0.25) is 0 Å². The molecule has 0 atom stereocenters. The third-order valence-electron chi connectivity index (χ3n) is 4.78. The quantitative estimate of drug-likeness (QED) is 0.434. The monoisotopic (exact) mass is 452 g/mol. The molecule has 0 spiro atoms. The Morgan fingerprint density at radius 2 is 1.82 bits per heavy atom. The van der Waals surface area contributed by atoms with E-state index in [2.05, 4.69) is 15.7 Å². The largest absolute Gasteiger partial charge is 0.495 e. The van der Waals surface area contributed by atoms with E-state index in [9.17, 15) is 9.59 Å². The molecule has 1 aromatic heterocycles. The van der Waals surface area contributed by atoms with Crippen LogP contribution in [-0.4, -0.2) is 49.0 Å². The lowest BCUT2D eigenvalue weighted by Gasteiger charge is -2.13. The van der Waals surface area contributed by atoms with Crippen LogP contribution in [0.25, 0.3) is 0 Å². The van der Waals surface area contributed by atoms with E-state index >= 15 is 0 Å². The van der Waals surface area contributed by atoms with Gasteiger partial charge in [-0.3, -0.25) is 14.3 Å². The van der Waals surface area contributed by atoms with E-state index in [0.29, 0.717) is 35.0 Å².